The third-order valence-corrected chi connectivity index (χ3v) is 2.30. The van der Waals surface area contributed by atoms with Crippen LogP contribution in [-0.2, 0) is 0 Å². The maximum atomic E-state index is 5.19. The van der Waals surface area contributed by atoms with E-state index in [4.69, 9.17) is 8.94 Å². The van der Waals surface area contributed by atoms with Crippen LogP contribution in [0.4, 0.5) is 0 Å². The molecule has 0 aliphatic rings. The molecule has 0 unspecified atom stereocenters. The standard InChI is InChI=1S/C12H9N3O2/c1-8-6-9(7-16-8)12-14-11(15-17-12)10-4-2-3-5-13-10/h2-7H,1H3. The topological polar surface area (TPSA) is 65.0 Å². The lowest BCUT2D eigenvalue weighted by atomic mass is 10.3. The monoisotopic (exact) mass is 227 g/mol. The van der Waals surface area contributed by atoms with Crippen LogP contribution < -0.4 is 0 Å². The highest BCUT2D eigenvalue weighted by Crippen LogP contribution is 2.22. The van der Waals surface area contributed by atoms with Crippen LogP contribution >= 0.6 is 0 Å². The second-order valence-corrected chi connectivity index (χ2v) is 3.58. The van der Waals surface area contributed by atoms with Crippen molar-refractivity contribution in [2.45, 2.75) is 6.92 Å². The minimum atomic E-state index is 0.433. The van der Waals surface area contributed by atoms with Gasteiger partial charge in [0.05, 0.1) is 5.56 Å². The van der Waals surface area contributed by atoms with Gasteiger partial charge in [-0.15, -0.1) is 0 Å². The molecular formula is C12H9N3O2. The number of hydrogen-bond donors (Lipinski definition) is 0. The predicted molar refractivity (Wildman–Crippen MR) is 60.0 cm³/mol. The molecule has 0 fully saturated rings. The van der Waals surface area contributed by atoms with Gasteiger partial charge in [0.2, 0.25) is 5.82 Å². The van der Waals surface area contributed by atoms with Gasteiger partial charge in [-0.25, -0.2) is 0 Å². The van der Waals surface area contributed by atoms with Crippen molar-refractivity contribution in [1.29, 1.82) is 0 Å². The molecule has 0 radical (unpaired) electrons. The maximum Gasteiger partial charge on any atom is 0.261 e. The van der Waals surface area contributed by atoms with E-state index < -0.39 is 0 Å². The fourth-order valence-electron chi connectivity index (χ4n) is 1.50. The largest absolute Gasteiger partial charge is 0.469 e. The van der Waals surface area contributed by atoms with Crippen molar-refractivity contribution in [2.24, 2.45) is 0 Å². The summed E-state index contributed by atoms with van der Waals surface area (Å²) in [6.07, 6.45) is 3.28. The zero-order valence-corrected chi connectivity index (χ0v) is 9.12. The highest BCUT2D eigenvalue weighted by Gasteiger charge is 2.12. The van der Waals surface area contributed by atoms with Crippen LogP contribution in [0.5, 0.6) is 0 Å². The van der Waals surface area contributed by atoms with Gasteiger partial charge in [-0.2, -0.15) is 4.98 Å². The molecule has 84 valence electrons. The Bertz CT molecular complexity index is 628. The summed E-state index contributed by atoms with van der Waals surface area (Å²) >= 11 is 0. The molecule has 0 aromatic carbocycles. The van der Waals surface area contributed by atoms with Gasteiger partial charge >= 0.3 is 0 Å². The smallest absolute Gasteiger partial charge is 0.261 e. The Balaban J connectivity index is 1.99. The second kappa shape index (κ2) is 3.86. The summed E-state index contributed by atoms with van der Waals surface area (Å²) in [5.41, 5.74) is 1.46. The molecule has 5 nitrogen and oxygen atoms in total. The van der Waals surface area contributed by atoms with Crippen molar-refractivity contribution < 1.29 is 8.94 Å². The first-order chi connectivity index (χ1) is 8.33. The Morgan fingerprint density at radius 1 is 1.24 bits per heavy atom. The molecule has 0 aliphatic heterocycles. The van der Waals surface area contributed by atoms with Crippen LogP contribution in [0.1, 0.15) is 5.76 Å². The third kappa shape index (κ3) is 1.82. The molecule has 3 aromatic rings. The first kappa shape index (κ1) is 9.77. The van der Waals surface area contributed by atoms with E-state index in [0.717, 1.165) is 11.3 Å². The van der Waals surface area contributed by atoms with Crippen molar-refractivity contribution in [3.63, 3.8) is 0 Å². The van der Waals surface area contributed by atoms with E-state index in [1.807, 2.05) is 31.2 Å². The van der Waals surface area contributed by atoms with Gasteiger partial charge in [-0.05, 0) is 25.1 Å². The van der Waals surface area contributed by atoms with Gasteiger partial charge in [-0.3, -0.25) is 4.98 Å². The number of nitrogens with zero attached hydrogens (tertiary/aromatic N) is 3. The van der Waals surface area contributed by atoms with Crippen LogP contribution in [-0.4, -0.2) is 15.1 Å². The van der Waals surface area contributed by atoms with Crippen molar-refractivity contribution in [1.82, 2.24) is 15.1 Å². The number of pyridine rings is 1. The van der Waals surface area contributed by atoms with E-state index in [2.05, 4.69) is 15.1 Å². The van der Waals surface area contributed by atoms with Crippen molar-refractivity contribution in [3.8, 4) is 23.0 Å². The molecule has 0 spiro atoms. The number of furan rings is 1. The van der Waals surface area contributed by atoms with Gasteiger partial charge in [0, 0.05) is 6.20 Å². The SMILES string of the molecule is Cc1cc(-c2nc(-c3ccccn3)no2)co1. The molecule has 3 aromatic heterocycles. The average Bonchev–Trinajstić information content (AvgIpc) is 2.98. The first-order valence-electron chi connectivity index (χ1n) is 5.13. The lowest BCUT2D eigenvalue weighted by Gasteiger charge is -1.89. The fourth-order valence-corrected chi connectivity index (χ4v) is 1.50. The van der Waals surface area contributed by atoms with E-state index in [9.17, 15) is 0 Å². The van der Waals surface area contributed by atoms with Crippen LogP contribution in [0.3, 0.4) is 0 Å². The van der Waals surface area contributed by atoms with Crippen molar-refractivity contribution in [3.05, 3.63) is 42.5 Å². The van der Waals surface area contributed by atoms with Gasteiger partial charge in [-0.1, -0.05) is 11.2 Å². The predicted octanol–water partition coefficient (Wildman–Crippen LogP) is 2.70. The molecule has 0 aliphatic carbocycles. The van der Waals surface area contributed by atoms with E-state index in [1.54, 1.807) is 12.5 Å². The van der Waals surface area contributed by atoms with E-state index in [1.165, 1.54) is 0 Å². The lowest BCUT2D eigenvalue weighted by molar-refractivity contribution is 0.431. The number of aryl methyl sites for hydroxylation is 1. The summed E-state index contributed by atoms with van der Waals surface area (Å²) < 4.78 is 10.3. The fraction of sp³-hybridized carbons (Fsp3) is 0.0833. The second-order valence-electron chi connectivity index (χ2n) is 3.58. The highest BCUT2D eigenvalue weighted by atomic mass is 16.5. The zero-order valence-electron chi connectivity index (χ0n) is 9.12. The van der Waals surface area contributed by atoms with Crippen molar-refractivity contribution in [2.75, 3.05) is 0 Å². The van der Waals surface area contributed by atoms with Crippen molar-refractivity contribution >= 4 is 0 Å². The lowest BCUT2D eigenvalue weighted by Crippen LogP contribution is -1.83. The van der Waals surface area contributed by atoms with Crippen LogP contribution in [0.25, 0.3) is 23.0 Å². The molecule has 0 amide bonds. The van der Waals surface area contributed by atoms with E-state index >= 15 is 0 Å². The zero-order chi connectivity index (χ0) is 11.7. The van der Waals surface area contributed by atoms with Gasteiger partial charge in [0.1, 0.15) is 17.7 Å². The Kier molecular flexibility index (Phi) is 2.22. The number of hydrogen-bond acceptors (Lipinski definition) is 5. The molecular weight excluding hydrogens is 218 g/mol. The molecule has 0 atom stereocenters. The summed E-state index contributed by atoms with van der Waals surface area (Å²) in [4.78, 5) is 8.42. The van der Waals surface area contributed by atoms with Gasteiger partial charge < -0.3 is 8.94 Å². The molecule has 3 heterocycles. The summed E-state index contributed by atoms with van der Waals surface area (Å²) in [5, 5.41) is 3.88. The number of aromatic nitrogens is 3. The summed E-state index contributed by atoms with van der Waals surface area (Å²) in [6, 6.07) is 7.38. The summed E-state index contributed by atoms with van der Waals surface area (Å²) in [5.74, 6) is 1.71. The van der Waals surface area contributed by atoms with Gasteiger partial charge in [0.15, 0.2) is 0 Å². The summed E-state index contributed by atoms with van der Waals surface area (Å²) in [7, 11) is 0. The first-order valence-corrected chi connectivity index (χ1v) is 5.13. The molecule has 0 N–H and O–H groups in total. The minimum absolute atomic E-state index is 0.433. The van der Waals surface area contributed by atoms with Gasteiger partial charge in [0.25, 0.3) is 5.89 Å². The molecule has 0 bridgehead atoms. The Morgan fingerprint density at radius 2 is 2.18 bits per heavy atom. The molecule has 5 heteroatoms. The molecule has 0 saturated heterocycles. The molecule has 17 heavy (non-hydrogen) atoms. The molecule has 0 saturated carbocycles. The summed E-state index contributed by atoms with van der Waals surface area (Å²) in [6.45, 7) is 1.86. The highest BCUT2D eigenvalue weighted by molar-refractivity contribution is 5.56. The minimum Gasteiger partial charge on any atom is -0.469 e. The van der Waals surface area contributed by atoms with E-state index in [0.29, 0.717) is 17.4 Å². The number of rotatable bonds is 2. The average molecular weight is 227 g/mol. The Morgan fingerprint density at radius 3 is 2.88 bits per heavy atom. The Hall–Kier alpha value is -2.43. The van der Waals surface area contributed by atoms with E-state index in [-0.39, 0.29) is 0 Å². The third-order valence-electron chi connectivity index (χ3n) is 2.30. The molecule has 3 rings (SSSR count). The Labute approximate surface area is 97.1 Å². The normalized spacial score (nSPS) is 10.6. The van der Waals surface area contributed by atoms with Crippen LogP contribution in [0.2, 0.25) is 0 Å². The van der Waals surface area contributed by atoms with Crippen LogP contribution in [0, 0.1) is 6.92 Å². The van der Waals surface area contributed by atoms with Crippen LogP contribution in [0.15, 0.2) is 45.7 Å². The maximum absolute atomic E-state index is 5.19. The quantitative estimate of drug-likeness (QED) is 0.673.